The molecule has 1 amide bonds. The summed E-state index contributed by atoms with van der Waals surface area (Å²) in [4.78, 5) is 16.8. The number of halogens is 1. The Bertz CT molecular complexity index is 1360. The smallest absolute Gasteiger partial charge is 0.339 e. The van der Waals surface area contributed by atoms with E-state index in [-0.39, 0.29) is 28.0 Å². The van der Waals surface area contributed by atoms with Gasteiger partial charge < -0.3 is 4.18 Å². The number of thioether (sulfide) groups is 1. The molecule has 0 saturated carbocycles. The van der Waals surface area contributed by atoms with Crippen molar-refractivity contribution in [3.8, 4) is 5.75 Å². The molecule has 11 heteroatoms. The third kappa shape index (κ3) is 4.80. The van der Waals surface area contributed by atoms with Crippen molar-refractivity contribution in [3.63, 3.8) is 0 Å². The third-order valence-corrected chi connectivity index (χ3v) is 7.70. The highest BCUT2D eigenvalue weighted by Crippen LogP contribution is 2.33. The van der Waals surface area contributed by atoms with Gasteiger partial charge in [-0.15, -0.1) is 0 Å². The number of carbonyl (C=O) groups is 1. The lowest BCUT2D eigenvalue weighted by molar-refractivity contribution is -0.114. The predicted octanol–water partition coefficient (Wildman–Crippen LogP) is 4.80. The molecule has 2 aliphatic heterocycles. The third-order valence-electron chi connectivity index (χ3n) is 4.74. The molecular formula is C22H19BrN4O4S2. The van der Waals surface area contributed by atoms with Gasteiger partial charge in [0.2, 0.25) is 5.17 Å². The lowest BCUT2D eigenvalue weighted by atomic mass is 10.1. The molecule has 4 rings (SSSR count). The summed E-state index contributed by atoms with van der Waals surface area (Å²) in [5.74, 6) is -0.605. The molecule has 0 spiro atoms. The zero-order valence-corrected chi connectivity index (χ0v) is 21.1. The maximum atomic E-state index is 12.8. The summed E-state index contributed by atoms with van der Waals surface area (Å²) in [6, 6.07) is 11.0. The average molecular weight is 547 g/mol. The standard InChI is InChI=1S/C22H19BrN4O4S2/c1-12(2)21-26-27-19(24)17(20(28)25-22(27)32-21)11-14-10-15(23)6-9-18(14)31-33(29,30)16-7-4-13(3)5-8-16/h4-12,24H,1-3H3. The van der Waals surface area contributed by atoms with Crippen molar-refractivity contribution in [2.24, 2.45) is 16.0 Å². The minimum Gasteiger partial charge on any atom is -0.378 e. The van der Waals surface area contributed by atoms with Gasteiger partial charge in [0.05, 0.1) is 5.57 Å². The molecule has 1 N–H and O–H groups in total. The van der Waals surface area contributed by atoms with Crippen LogP contribution in [0.15, 0.2) is 67.5 Å². The Morgan fingerprint density at radius 3 is 2.55 bits per heavy atom. The van der Waals surface area contributed by atoms with E-state index < -0.39 is 16.0 Å². The van der Waals surface area contributed by atoms with E-state index >= 15 is 0 Å². The highest BCUT2D eigenvalue weighted by atomic mass is 79.9. The number of nitrogens with one attached hydrogen (secondary N) is 1. The Balaban J connectivity index is 1.72. The number of amides is 1. The van der Waals surface area contributed by atoms with E-state index in [1.807, 2.05) is 20.8 Å². The average Bonchev–Trinajstić information content (AvgIpc) is 3.17. The molecule has 0 atom stereocenters. The van der Waals surface area contributed by atoms with Crippen LogP contribution in [0.3, 0.4) is 0 Å². The summed E-state index contributed by atoms with van der Waals surface area (Å²) in [5.41, 5.74) is 1.19. The van der Waals surface area contributed by atoms with E-state index in [1.54, 1.807) is 24.3 Å². The lowest BCUT2D eigenvalue weighted by Gasteiger charge is -2.20. The predicted molar refractivity (Wildman–Crippen MR) is 133 cm³/mol. The summed E-state index contributed by atoms with van der Waals surface area (Å²) in [6.45, 7) is 5.78. The number of hydrogen-bond donors (Lipinski definition) is 1. The highest BCUT2D eigenvalue weighted by Gasteiger charge is 2.36. The minimum absolute atomic E-state index is 0.00925. The van der Waals surface area contributed by atoms with Crippen molar-refractivity contribution in [3.05, 3.63) is 63.6 Å². The number of benzene rings is 2. The van der Waals surface area contributed by atoms with Crippen molar-refractivity contribution >= 4 is 65.8 Å². The molecule has 0 unspecified atom stereocenters. The molecule has 2 aromatic carbocycles. The fraction of sp³-hybridized carbons (Fsp3) is 0.182. The molecule has 170 valence electrons. The quantitative estimate of drug-likeness (QED) is 0.425. The number of amidine groups is 2. The van der Waals surface area contributed by atoms with Crippen molar-refractivity contribution in [2.45, 2.75) is 25.7 Å². The summed E-state index contributed by atoms with van der Waals surface area (Å²) in [7, 11) is -4.11. The number of aliphatic imine (C=N–C) groups is 1. The van der Waals surface area contributed by atoms with Gasteiger partial charge in [-0.25, -0.2) is 0 Å². The normalized spacial score (nSPS) is 17.4. The molecule has 0 radical (unpaired) electrons. The Labute approximate surface area is 204 Å². The van der Waals surface area contributed by atoms with Crippen molar-refractivity contribution in [1.82, 2.24) is 5.01 Å². The van der Waals surface area contributed by atoms with Crippen molar-refractivity contribution in [1.29, 1.82) is 5.41 Å². The molecule has 0 saturated heterocycles. The van der Waals surface area contributed by atoms with Crippen LogP contribution < -0.4 is 4.18 Å². The second kappa shape index (κ2) is 8.88. The molecule has 2 heterocycles. The van der Waals surface area contributed by atoms with Gasteiger partial charge in [0.15, 0.2) is 5.84 Å². The molecule has 0 fully saturated rings. The number of hydrogen-bond acceptors (Lipinski definition) is 7. The molecule has 33 heavy (non-hydrogen) atoms. The SMILES string of the molecule is Cc1ccc(S(=O)(=O)Oc2ccc(Br)cc2C=C2C(=N)N3N=C(C(C)C)SC3=NC2=O)cc1. The highest BCUT2D eigenvalue weighted by molar-refractivity contribution is 9.10. The van der Waals surface area contributed by atoms with Crippen LogP contribution >= 0.6 is 27.7 Å². The summed E-state index contributed by atoms with van der Waals surface area (Å²) < 4.78 is 31.7. The van der Waals surface area contributed by atoms with Gasteiger partial charge in [-0.1, -0.05) is 47.5 Å². The summed E-state index contributed by atoms with van der Waals surface area (Å²) in [5, 5.41) is 15.3. The molecule has 0 aromatic heterocycles. The van der Waals surface area contributed by atoms with E-state index in [9.17, 15) is 13.2 Å². The van der Waals surface area contributed by atoms with Gasteiger partial charge in [0, 0.05) is 16.0 Å². The molecule has 0 bridgehead atoms. The zero-order chi connectivity index (χ0) is 23.9. The van der Waals surface area contributed by atoms with Crippen LogP contribution in [0.2, 0.25) is 0 Å². The van der Waals surface area contributed by atoms with Crippen LogP contribution in [0.5, 0.6) is 5.75 Å². The van der Waals surface area contributed by atoms with Gasteiger partial charge in [-0.3, -0.25) is 10.2 Å². The van der Waals surface area contributed by atoms with Gasteiger partial charge in [0.25, 0.3) is 5.91 Å². The minimum atomic E-state index is -4.11. The fourth-order valence-corrected chi connectivity index (χ4v) is 5.20. The van der Waals surface area contributed by atoms with E-state index in [0.29, 0.717) is 15.2 Å². The van der Waals surface area contributed by atoms with Crippen LogP contribution in [-0.4, -0.2) is 35.4 Å². The fourth-order valence-electron chi connectivity index (χ4n) is 2.97. The summed E-state index contributed by atoms with van der Waals surface area (Å²) in [6.07, 6.45) is 1.39. The first kappa shape index (κ1) is 23.4. The zero-order valence-electron chi connectivity index (χ0n) is 17.9. The van der Waals surface area contributed by atoms with E-state index in [4.69, 9.17) is 9.59 Å². The van der Waals surface area contributed by atoms with Gasteiger partial charge in [-0.05, 0) is 55.1 Å². The number of fused-ring (bicyclic) bond motifs is 1. The van der Waals surface area contributed by atoms with Crippen LogP contribution in [0.25, 0.3) is 6.08 Å². The second-order valence-electron chi connectivity index (χ2n) is 7.65. The number of aryl methyl sites for hydroxylation is 1. The van der Waals surface area contributed by atoms with E-state index in [2.05, 4.69) is 26.0 Å². The summed E-state index contributed by atoms with van der Waals surface area (Å²) >= 11 is 4.61. The Hall–Kier alpha value is -2.76. The first-order valence-corrected chi connectivity index (χ1v) is 12.9. The monoisotopic (exact) mass is 546 g/mol. The molecule has 8 nitrogen and oxygen atoms in total. The van der Waals surface area contributed by atoms with E-state index in [1.165, 1.54) is 41.0 Å². The van der Waals surface area contributed by atoms with E-state index in [0.717, 1.165) is 10.6 Å². The number of hydrazone groups is 1. The largest absolute Gasteiger partial charge is 0.378 e. The Morgan fingerprint density at radius 1 is 1.18 bits per heavy atom. The van der Waals surface area contributed by atoms with Gasteiger partial charge in [0.1, 0.15) is 15.7 Å². The maximum Gasteiger partial charge on any atom is 0.339 e. The number of nitrogens with zero attached hydrogens (tertiary/aromatic N) is 3. The van der Waals surface area contributed by atoms with Crippen LogP contribution in [0, 0.1) is 18.3 Å². The van der Waals surface area contributed by atoms with Crippen LogP contribution in [0.4, 0.5) is 0 Å². The second-order valence-corrected chi connectivity index (χ2v) is 11.1. The number of rotatable bonds is 5. The van der Waals surface area contributed by atoms with Crippen molar-refractivity contribution in [2.75, 3.05) is 0 Å². The molecule has 2 aliphatic rings. The number of carbonyl (C=O) groups excluding carboxylic acids is 1. The molecule has 2 aromatic rings. The Kier molecular flexibility index (Phi) is 6.30. The van der Waals surface area contributed by atoms with Gasteiger partial charge >= 0.3 is 10.1 Å². The van der Waals surface area contributed by atoms with Crippen molar-refractivity contribution < 1.29 is 17.4 Å². The molecule has 0 aliphatic carbocycles. The maximum absolute atomic E-state index is 12.8. The topological polar surface area (TPSA) is 112 Å². The molecular weight excluding hydrogens is 528 g/mol. The Morgan fingerprint density at radius 2 is 1.88 bits per heavy atom. The van der Waals surface area contributed by atoms with Crippen LogP contribution in [-0.2, 0) is 14.9 Å². The van der Waals surface area contributed by atoms with Crippen LogP contribution in [0.1, 0.15) is 25.0 Å². The first-order chi connectivity index (χ1) is 15.5. The van der Waals surface area contributed by atoms with Gasteiger partial charge in [-0.2, -0.15) is 23.5 Å². The lowest BCUT2D eigenvalue weighted by Crippen LogP contribution is -2.35. The first-order valence-electron chi connectivity index (χ1n) is 9.86.